The van der Waals surface area contributed by atoms with Gasteiger partial charge in [-0.05, 0) is 30.7 Å². The Kier molecular flexibility index (Phi) is 8.00. The standard InChI is InChI=1S/C22H28NO7P/c1-2-9-18(24)23-19-21(26)20(25)17(30-22(19)27)14-29-31(28,15-10-5-3-6-11-15)16-12-7-4-8-13-16/h3-8,10-13,17,19-22,25-27H,2,9,14H2,1H3,(H,23,24)/t17-,19-,20-,21-,22?/m1/s1. The summed E-state index contributed by atoms with van der Waals surface area (Å²) in [6.07, 6.45) is -4.83. The third kappa shape index (κ3) is 5.41. The highest BCUT2D eigenvalue weighted by Crippen LogP contribution is 2.45. The number of amides is 1. The molecule has 1 heterocycles. The first-order chi connectivity index (χ1) is 14.9. The molecule has 3 rings (SSSR count). The van der Waals surface area contributed by atoms with Gasteiger partial charge >= 0.3 is 0 Å². The fraction of sp³-hybridized carbons (Fsp3) is 0.409. The van der Waals surface area contributed by atoms with Crippen LogP contribution in [0.1, 0.15) is 19.8 Å². The minimum Gasteiger partial charge on any atom is -0.388 e. The summed E-state index contributed by atoms with van der Waals surface area (Å²) in [5, 5.41) is 34.6. The number of hydrogen-bond acceptors (Lipinski definition) is 7. The normalized spacial score (nSPS) is 26.4. The molecule has 8 nitrogen and oxygen atoms in total. The van der Waals surface area contributed by atoms with Crippen molar-refractivity contribution in [3.8, 4) is 0 Å². The molecule has 0 saturated carbocycles. The molecular formula is C22H28NO7P. The first-order valence-electron chi connectivity index (χ1n) is 10.2. The van der Waals surface area contributed by atoms with Crippen molar-refractivity contribution in [2.24, 2.45) is 0 Å². The van der Waals surface area contributed by atoms with Gasteiger partial charge in [0.25, 0.3) is 7.37 Å². The molecule has 1 aliphatic rings. The van der Waals surface area contributed by atoms with Crippen molar-refractivity contribution < 1.29 is 33.9 Å². The summed E-state index contributed by atoms with van der Waals surface area (Å²) in [6.45, 7) is 1.48. The predicted molar refractivity (Wildman–Crippen MR) is 115 cm³/mol. The quantitative estimate of drug-likeness (QED) is 0.436. The van der Waals surface area contributed by atoms with Crippen LogP contribution in [0.25, 0.3) is 0 Å². The molecule has 2 aromatic rings. The minimum atomic E-state index is -3.53. The summed E-state index contributed by atoms with van der Waals surface area (Å²) >= 11 is 0. The Morgan fingerprint density at radius 1 is 1.00 bits per heavy atom. The molecule has 168 valence electrons. The molecule has 9 heteroatoms. The molecule has 0 spiro atoms. The molecule has 1 unspecified atom stereocenters. The molecule has 0 aromatic heterocycles. The van der Waals surface area contributed by atoms with E-state index >= 15 is 0 Å². The van der Waals surface area contributed by atoms with E-state index in [2.05, 4.69) is 5.32 Å². The van der Waals surface area contributed by atoms with Crippen molar-refractivity contribution in [2.45, 2.75) is 50.4 Å². The highest BCUT2D eigenvalue weighted by Gasteiger charge is 2.45. The number of aliphatic hydroxyl groups excluding tert-OH is 3. The zero-order valence-corrected chi connectivity index (χ0v) is 18.1. The van der Waals surface area contributed by atoms with Crippen molar-refractivity contribution in [1.29, 1.82) is 0 Å². The summed E-state index contributed by atoms with van der Waals surface area (Å²) in [4.78, 5) is 11.8. The van der Waals surface area contributed by atoms with Crippen LogP contribution in [0.3, 0.4) is 0 Å². The molecule has 1 fully saturated rings. The van der Waals surface area contributed by atoms with E-state index < -0.39 is 38.0 Å². The van der Waals surface area contributed by atoms with Crippen molar-refractivity contribution in [3.05, 3.63) is 60.7 Å². The van der Waals surface area contributed by atoms with E-state index in [1.54, 1.807) is 60.7 Å². The Morgan fingerprint density at radius 2 is 1.55 bits per heavy atom. The van der Waals surface area contributed by atoms with E-state index in [0.29, 0.717) is 17.0 Å². The summed E-state index contributed by atoms with van der Waals surface area (Å²) in [7, 11) is -3.53. The first-order valence-corrected chi connectivity index (χ1v) is 11.8. The topological polar surface area (TPSA) is 125 Å². The Labute approximate surface area is 181 Å². The molecule has 0 bridgehead atoms. The second-order valence-corrected chi connectivity index (χ2v) is 9.80. The van der Waals surface area contributed by atoms with Gasteiger partial charge in [0.2, 0.25) is 5.91 Å². The number of aliphatic hydroxyl groups is 3. The van der Waals surface area contributed by atoms with Gasteiger partial charge in [0.05, 0.1) is 6.61 Å². The second-order valence-electron chi connectivity index (χ2n) is 7.41. The molecule has 5 atom stereocenters. The van der Waals surface area contributed by atoms with Crippen LogP contribution in [0, 0.1) is 0 Å². The van der Waals surface area contributed by atoms with Crippen molar-refractivity contribution in [3.63, 3.8) is 0 Å². The molecule has 1 aliphatic heterocycles. The lowest BCUT2D eigenvalue weighted by Gasteiger charge is -2.41. The molecule has 4 N–H and O–H groups in total. The van der Waals surface area contributed by atoms with E-state index in [-0.39, 0.29) is 18.9 Å². The van der Waals surface area contributed by atoms with Gasteiger partial charge in [-0.1, -0.05) is 43.3 Å². The van der Waals surface area contributed by atoms with Crippen LogP contribution < -0.4 is 15.9 Å². The van der Waals surface area contributed by atoms with Crippen LogP contribution in [-0.2, 0) is 18.6 Å². The van der Waals surface area contributed by atoms with Crippen LogP contribution >= 0.6 is 7.37 Å². The first kappa shape index (κ1) is 23.6. The average Bonchev–Trinajstić information content (AvgIpc) is 2.79. The lowest BCUT2D eigenvalue weighted by molar-refractivity contribution is -0.252. The number of benzene rings is 2. The number of hydrogen-bond donors (Lipinski definition) is 4. The van der Waals surface area contributed by atoms with Gasteiger partial charge in [0.1, 0.15) is 24.4 Å². The third-order valence-electron chi connectivity index (χ3n) is 5.14. The molecule has 2 aromatic carbocycles. The number of carbonyl (C=O) groups excluding carboxylic acids is 1. The smallest absolute Gasteiger partial charge is 0.261 e. The van der Waals surface area contributed by atoms with E-state index in [0.717, 1.165) is 0 Å². The van der Waals surface area contributed by atoms with Gasteiger partial charge in [-0.2, -0.15) is 0 Å². The van der Waals surface area contributed by atoms with Crippen LogP contribution in [0.4, 0.5) is 0 Å². The van der Waals surface area contributed by atoms with Gasteiger partial charge in [-0.15, -0.1) is 0 Å². The van der Waals surface area contributed by atoms with Gasteiger partial charge in [0, 0.05) is 17.0 Å². The zero-order valence-electron chi connectivity index (χ0n) is 17.2. The van der Waals surface area contributed by atoms with Gasteiger partial charge in [-0.3, -0.25) is 9.36 Å². The number of ether oxygens (including phenoxy) is 1. The van der Waals surface area contributed by atoms with Crippen molar-refractivity contribution >= 4 is 23.9 Å². The van der Waals surface area contributed by atoms with Crippen LogP contribution in [0.5, 0.6) is 0 Å². The number of carbonyl (C=O) groups is 1. The zero-order chi connectivity index (χ0) is 22.4. The van der Waals surface area contributed by atoms with Crippen LogP contribution in [0.2, 0.25) is 0 Å². The number of rotatable bonds is 8. The molecule has 1 saturated heterocycles. The maximum absolute atomic E-state index is 13.9. The minimum absolute atomic E-state index is 0.218. The molecule has 1 amide bonds. The van der Waals surface area contributed by atoms with Crippen LogP contribution in [0.15, 0.2) is 60.7 Å². The Balaban J connectivity index is 1.75. The highest BCUT2D eigenvalue weighted by atomic mass is 31.2. The van der Waals surface area contributed by atoms with E-state index in [1.165, 1.54) is 0 Å². The maximum Gasteiger partial charge on any atom is 0.261 e. The SMILES string of the molecule is CCCC(=O)N[C@H]1C(O)O[C@H](COP(=O)(c2ccccc2)c2ccccc2)[C@@H](O)[C@@H]1O. The lowest BCUT2D eigenvalue weighted by Crippen LogP contribution is -2.64. The largest absolute Gasteiger partial charge is 0.388 e. The predicted octanol–water partition coefficient (Wildman–Crippen LogP) is 0.656. The van der Waals surface area contributed by atoms with Gasteiger partial charge < -0.3 is 29.9 Å². The van der Waals surface area contributed by atoms with E-state index in [1.807, 2.05) is 6.92 Å². The molecular weight excluding hydrogens is 421 g/mol. The Hall–Kier alpha value is -2.06. The summed E-state index contributed by atoms with van der Waals surface area (Å²) in [6, 6.07) is 16.2. The van der Waals surface area contributed by atoms with Crippen molar-refractivity contribution in [1.82, 2.24) is 5.32 Å². The van der Waals surface area contributed by atoms with E-state index in [9.17, 15) is 24.7 Å². The fourth-order valence-corrected chi connectivity index (χ4v) is 5.53. The maximum atomic E-state index is 13.9. The fourth-order valence-electron chi connectivity index (χ4n) is 3.45. The van der Waals surface area contributed by atoms with Crippen LogP contribution in [-0.4, -0.2) is 58.5 Å². The molecule has 0 aliphatic carbocycles. The third-order valence-corrected chi connectivity index (χ3v) is 7.61. The average molecular weight is 449 g/mol. The van der Waals surface area contributed by atoms with Gasteiger partial charge in [-0.25, -0.2) is 0 Å². The second kappa shape index (κ2) is 10.5. The summed E-state index contributed by atoms with van der Waals surface area (Å²) < 4.78 is 25.1. The van der Waals surface area contributed by atoms with Gasteiger partial charge in [0.15, 0.2) is 6.29 Å². The molecule has 0 radical (unpaired) electrons. The summed E-state index contributed by atoms with van der Waals surface area (Å²) in [5.74, 6) is -0.367. The number of nitrogens with one attached hydrogen (secondary N) is 1. The Bertz CT molecular complexity index is 852. The Morgan fingerprint density at radius 3 is 2.06 bits per heavy atom. The molecule has 31 heavy (non-hydrogen) atoms. The summed E-state index contributed by atoms with van der Waals surface area (Å²) in [5.41, 5.74) is 0. The lowest BCUT2D eigenvalue weighted by atomic mass is 9.97. The van der Waals surface area contributed by atoms with E-state index in [4.69, 9.17) is 9.26 Å². The van der Waals surface area contributed by atoms with Crippen molar-refractivity contribution in [2.75, 3.05) is 6.61 Å². The highest BCUT2D eigenvalue weighted by molar-refractivity contribution is 7.74. The monoisotopic (exact) mass is 449 g/mol.